The maximum atomic E-state index is 12.3. The van der Waals surface area contributed by atoms with Gasteiger partial charge in [-0.25, -0.2) is 8.42 Å². The maximum absolute atomic E-state index is 12.3. The molecule has 0 N–H and O–H groups in total. The van der Waals surface area contributed by atoms with Gasteiger partial charge in [0.05, 0.1) is 17.5 Å². The molecule has 1 fully saturated rings. The van der Waals surface area contributed by atoms with Gasteiger partial charge in [0.15, 0.2) is 15.7 Å². The summed E-state index contributed by atoms with van der Waals surface area (Å²) in [5.74, 6) is 0.910. The molecule has 1 aromatic rings. The van der Waals surface area contributed by atoms with Crippen molar-refractivity contribution < 1.29 is 17.7 Å². The molecule has 8 heteroatoms. The summed E-state index contributed by atoms with van der Waals surface area (Å²) in [5.41, 5.74) is 0. The monoisotopic (exact) mass is 329 g/mol. The normalized spacial score (nSPS) is 19.1. The summed E-state index contributed by atoms with van der Waals surface area (Å²) in [6, 6.07) is -0.197. The molecule has 1 atom stereocenters. The highest BCUT2D eigenvalue weighted by Crippen LogP contribution is 2.30. The second-order valence-electron chi connectivity index (χ2n) is 6.17. The van der Waals surface area contributed by atoms with E-state index in [1.807, 2.05) is 13.8 Å². The fourth-order valence-electron chi connectivity index (χ4n) is 2.76. The Labute approximate surface area is 131 Å². The Hall–Kier alpha value is -1.44. The van der Waals surface area contributed by atoms with Crippen molar-refractivity contribution in [2.24, 2.45) is 5.92 Å². The number of sulfone groups is 1. The largest absolute Gasteiger partial charge is 0.340 e. The van der Waals surface area contributed by atoms with E-state index in [2.05, 4.69) is 10.1 Å². The van der Waals surface area contributed by atoms with E-state index in [4.69, 9.17) is 4.52 Å². The van der Waals surface area contributed by atoms with Gasteiger partial charge < -0.3 is 9.42 Å². The number of amides is 1. The molecule has 1 aliphatic heterocycles. The molecular formula is C14H23N3O4S. The first-order valence-electron chi connectivity index (χ1n) is 7.58. The quantitative estimate of drug-likeness (QED) is 0.785. The molecule has 1 amide bonds. The summed E-state index contributed by atoms with van der Waals surface area (Å²) in [4.78, 5) is 18.2. The smallest absolute Gasteiger partial charge is 0.224 e. The van der Waals surface area contributed by atoms with E-state index in [1.54, 1.807) is 11.8 Å². The van der Waals surface area contributed by atoms with Crippen LogP contribution < -0.4 is 0 Å². The third-order valence-corrected chi connectivity index (χ3v) is 5.63. The number of carbonyl (C=O) groups is 1. The summed E-state index contributed by atoms with van der Waals surface area (Å²) in [5, 5.41) is 3.88. The van der Waals surface area contributed by atoms with E-state index in [0.717, 1.165) is 12.8 Å². The number of likely N-dealkylation sites (tertiary alicyclic amines) is 1. The van der Waals surface area contributed by atoms with Crippen LogP contribution in [-0.4, -0.2) is 47.4 Å². The topological polar surface area (TPSA) is 93.4 Å². The Morgan fingerprint density at radius 2 is 2.18 bits per heavy atom. The number of nitrogens with zero attached hydrogens (tertiary/aromatic N) is 3. The van der Waals surface area contributed by atoms with Crippen molar-refractivity contribution in [1.29, 1.82) is 0 Å². The van der Waals surface area contributed by atoms with Crippen LogP contribution in [0.4, 0.5) is 0 Å². The number of carbonyl (C=O) groups excluding carboxylic acids is 1. The fourth-order valence-corrected chi connectivity index (χ4v) is 4.43. The van der Waals surface area contributed by atoms with E-state index in [0.29, 0.717) is 18.3 Å². The van der Waals surface area contributed by atoms with Gasteiger partial charge >= 0.3 is 0 Å². The van der Waals surface area contributed by atoms with Crippen molar-refractivity contribution in [2.45, 2.75) is 46.1 Å². The average molecular weight is 329 g/mol. The molecule has 0 aliphatic carbocycles. The number of hydrogen-bond donors (Lipinski definition) is 0. The van der Waals surface area contributed by atoms with Crippen LogP contribution in [0.5, 0.6) is 0 Å². The molecule has 0 radical (unpaired) electrons. The van der Waals surface area contributed by atoms with Crippen molar-refractivity contribution in [2.75, 3.05) is 18.1 Å². The van der Waals surface area contributed by atoms with Crippen LogP contribution in [0.25, 0.3) is 0 Å². The van der Waals surface area contributed by atoms with Crippen molar-refractivity contribution >= 4 is 15.7 Å². The molecule has 22 heavy (non-hydrogen) atoms. The lowest BCUT2D eigenvalue weighted by atomic mass is 10.2. The molecule has 124 valence electrons. The Balaban J connectivity index is 1.97. The van der Waals surface area contributed by atoms with Gasteiger partial charge in [-0.15, -0.1) is 0 Å². The molecule has 2 rings (SSSR count). The molecule has 0 aromatic carbocycles. The lowest BCUT2D eigenvalue weighted by molar-refractivity contribution is -0.131. The highest BCUT2D eigenvalue weighted by Gasteiger charge is 2.33. The Morgan fingerprint density at radius 3 is 2.77 bits per heavy atom. The molecular weight excluding hydrogens is 306 g/mol. The molecule has 1 saturated heterocycles. The van der Waals surface area contributed by atoms with E-state index < -0.39 is 9.84 Å². The molecule has 2 heterocycles. The molecule has 7 nitrogen and oxygen atoms in total. The minimum Gasteiger partial charge on any atom is -0.340 e. The van der Waals surface area contributed by atoms with Crippen molar-refractivity contribution in [3.05, 3.63) is 11.7 Å². The highest BCUT2D eigenvalue weighted by molar-refractivity contribution is 7.91. The summed E-state index contributed by atoms with van der Waals surface area (Å²) in [6.45, 7) is 6.03. The number of aryl methyl sites for hydroxylation is 1. The van der Waals surface area contributed by atoms with Gasteiger partial charge in [-0.3, -0.25) is 4.79 Å². The summed E-state index contributed by atoms with van der Waals surface area (Å²) in [6.07, 6.45) is 1.66. The van der Waals surface area contributed by atoms with Crippen LogP contribution in [0.3, 0.4) is 0 Å². The van der Waals surface area contributed by atoms with Crippen LogP contribution in [0.1, 0.15) is 50.9 Å². The third-order valence-electron chi connectivity index (χ3n) is 3.63. The fraction of sp³-hybridized carbons (Fsp3) is 0.786. The molecule has 1 unspecified atom stereocenters. The van der Waals surface area contributed by atoms with Crippen molar-refractivity contribution in [3.8, 4) is 0 Å². The lowest BCUT2D eigenvalue weighted by Gasteiger charge is -2.22. The van der Waals surface area contributed by atoms with Gasteiger partial charge in [-0.2, -0.15) is 4.98 Å². The first-order chi connectivity index (χ1) is 10.3. The van der Waals surface area contributed by atoms with E-state index in [1.165, 1.54) is 0 Å². The number of hydrogen-bond acceptors (Lipinski definition) is 6. The van der Waals surface area contributed by atoms with Crippen molar-refractivity contribution in [1.82, 2.24) is 15.0 Å². The van der Waals surface area contributed by atoms with Crippen molar-refractivity contribution in [3.63, 3.8) is 0 Å². The summed E-state index contributed by atoms with van der Waals surface area (Å²) in [7, 11) is -3.18. The first-order valence-corrected chi connectivity index (χ1v) is 9.41. The van der Waals surface area contributed by atoms with Crippen LogP contribution in [0.15, 0.2) is 4.52 Å². The van der Waals surface area contributed by atoms with Gasteiger partial charge in [0.2, 0.25) is 11.8 Å². The predicted octanol–water partition coefficient (Wildman–Crippen LogP) is 1.50. The first kappa shape index (κ1) is 16.9. The maximum Gasteiger partial charge on any atom is 0.224 e. The second-order valence-corrected chi connectivity index (χ2v) is 8.40. The zero-order valence-electron chi connectivity index (χ0n) is 13.3. The zero-order valence-corrected chi connectivity index (χ0v) is 14.1. The van der Waals surface area contributed by atoms with E-state index in [9.17, 15) is 13.2 Å². The lowest BCUT2D eigenvalue weighted by Crippen LogP contribution is -2.32. The van der Waals surface area contributed by atoms with Crippen LogP contribution in [0.2, 0.25) is 0 Å². The van der Waals surface area contributed by atoms with Gasteiger partial charge in [0.1, 0.15) is 0 Å². The Bertz CT molecular complexity index is 624. The van der Waals surface area contributed by atoms with E-state index >= 15 is 0 Å². The third kappa shape index (κ3) is 4.28. The van der Waals surface area contributed by atoms with Crippen LogP contribution >= 0.6 is 0 Å². The Kier molecular flexibility index (Phi) is 5.20. The van der Waals surface area contributed by atoms with Gasteiger partial charge in [0, 0.05) is 19.9 Å². The minimum absolute atomic E-state index is 0.0163. The Morgan fingerprint density at radius 1 is 1.45 bits per heavy atom. The standard InChI is InChI=1S/C14H23N3O4S/c1-10(2)9-22(19,20)8-6-13(18)17-7-4-5-12(17)14-15-11(3)21-16-14/h10,12H,4-9H2,1-3H3. The molecule has 1 aromatic heterocycles. The number of rotatable bonds is 6. The number of aromatic nitrogens is 2. The average Bonchev–Trinajstić information content (AvgIpc) is 3.02. The van der Waals surface area contributed by atoms with E-state index in [-0.39, 0.29) is 35.8 Å². The molecule has 0 saturated carbocycles. The second kappa shape index (κ2) is 6.76. The molecule has 0 spiro atoms. The summed E-state index contributed by atoms with van der Waals surface area (Å²) >= 11 is 0. The van der Waals surface area contributed by atoms with Crippen LogP contribution in [0, 0.1) is 12.8 Å². The van der Waals surface area contributed by atoms with Crippen LogP contribution in [-0.2, 0) is 14.6 Å². The SMILES string of the molecule is Cc1nc(C2CCCN2C(=O)CCS(=O)(=O)CC(C)C)no1. The molecule has 0 bridgehead atoms. The zero-order chi connectivity index (χ0) is 16.3. The summed E-state index contributed by atoms with van der Waals surface area (Å²) < 4.78 is 28.8. The molecule has 1 aliphatic rings. The van der Waals surface area contributed by atoms with Gasteiger partial charge in [0.25, 0.3) is 0 Å². The van der Waals surface area contributed by atoms with Gasteiger partial charge in [-0.05, 0) is 18.8 Å². The minimum atomic E-state index is -3.18. The van der Waals surface area contributed by atoms with Gasteiger partial charge in [-0.1, -0.05) is 19.0 Å². The predicted molar refractivity (Wildman–Crippen MR) is 80.8 cm³/mol. The highest BCUT2D eigenvalue weighted by atomic mass is 32.2.